The summed E-state index contributed by atoms with van der Waals surface area (Å²) in [5.41, 5.74) is 7.34. The van der Waals surface area contributed by atoms with Gasteiger partial charge in [-0.2, -0.15) is 0 Å². The molecule has 1 aromatic rings. The molecular weight excluding hydrogens is 361 g/mol. The molecular formula is C13H16INO4. The fraction of sp³-hybridized carbons (Fsp3) is 0.462. The van der Waals surface area contributed by atoms with Crippen molar-refractivity contribution in [2.75, 3.05) is 13.9 Å². The Morgan fingerprint density at radius 2 is 2.32 bits per heavy atom. The zero-order valence-electron chi connectivity index (χ0n) is 10.6. The summed E-state index contributed by atoms with van der Waals surface area (Å²) in [6, 6.07) is 6.02. The first-order valence-electron chi connectivity index (χ1n) is 5.97. The summed E-state index contributed by atoms with van der Waals surface area (Å²) >= 11 is 2.23. The number of methoxy groups -OCH3 is 1. The van der Waals surface area contributed by atoms with Crippen LogP contribution in [0.25, 0.3) is 0 Å². The quantitative estimate of drug-likeness (QED) is 0.646. The van der Waals surface area contributed by atoms with Gasteiger partial charge in [0.1, 0.15) is 12.9 Å². The predicted molar refractivity (Wildman–Crippen MR) is 77.6 cm³/mol. The average molecular weight is 377 g/mol. The molecule has 0 aliphatic heterocycles. The molecule has 0 radical (unpaired) electrons. The van der Waals surface area contributed by atoms with Crippen LogP contribution in [-0.4, -0.2) is 26.1 Å². The van der Waals surface area contributed by atoms with Gasteiger partial charge in [-0.05, 0) is 47.1 Å². The van der Waals surface area contributed by atoms with Crippen molar-refractivity contribution < 1.29 is 19.0 Å². The molecule has 0 saturated heterocycles. The standard InChI is InChI=1S/C13H16INO4/c1-17-7-18-10-6-5-8-3-2-4-9(14)11(8)12(10)19-13(15)16/h2-4,10,12H,5-7H2,1H3,(H2,15,16)/t10-,12-/m0/s1. The number of hydrogen-bond donors (Lipinski definition) is 1. The van der Waals surface area contributed by atoms with Crippen LogP contribution in [0.1, 0.15) is 23.7 Å². The Morgan fingerprint density at radius 1 is 1.53 bits per heavy atom. The first-order valence-corrected chi connectivity index (χ1v) is 7.05. The average Bonchev–Trinajstić information content (AvgIpc) is 2.37. The maximum Gasteiger partial charge on any atom is 0.405 e. The second-order valence-corrected chi connectivity index (χ2v) is 5.48. The van der Waals surface area contributed by atoms with Gasteiger partial charge in [0.25, 0.3) is 0 Å². The van der Waals surface area contributed by atoms with E-state index in [2.05, 4.69) is 22.6 Å². The van der Waals surface area contributed by atoms with Crippen LogP contribution in [-0.2, 0) is 20.6 Å². The first kappa shape index (κ1) is 14.5. The Hall–Kier alpha value is -0.860. The highest BCUT2D eigenvalue weighted by molar-refractivity contribution is 14.1. The lowest BCUT2D eigenvalue weighted by Crippen LogP contribution is -2.34. The number of halogens is 1. The Labute approximate surface area is 125 Å². The van der Waals surface area contributed by atoms with Crippen molar-refractivity contribution in [3.8, 4) is 0 Å². The third-order valence-electron chi connectivity index (χ3n) is 3.11. The van der Waals surface area contributed by atoms with E-state index < -0.39 is 12.2 Å². The van der Waals surface area contributed by atoms with Gasteiger partial charge in [0.05, 0.1) is 0 Å². The minimum Gasteiger partial charge on any atom is -0.439 e. The molecule has 19 heavy (non-hydrogen) atoms. The fourth-order valence-corrected chi connectivity index (χ4v) is 3.20. The number of primary amides is 1. The summed E-state index contributed by atoms with van der Waals surface area (Å²) in [6.07, 6.45) is 0.178. The van der Waals surface area contributed by atoms with Crippen molar-refractivity contribution in [2.45, 2.75) is 25.0 Å². The van der Waals surface area contributed by atoms with Crippen molar-refractivity contribution in [3.05, 3.63) is 32.9 Å². The van der Waals surface area contributed by atoms with E-state index in [4.69, 9.17) is 19.9 Å². The Bertz CT molecular complexity index is 466. The highest BCUT2D eigenvalue weighted by Gasteiger charge is 2.34. The van der Waals surface area contributed by atoms with E-state index in [1.165, 1.54) is 5.56 Å². The van der Waals surface area contributed by atoms with E-state index in [1.807, 2.05) is 18.2 Å². The van der Waals surface area contributed by atoms with Gasteiger partial charge in [0.15, 0.2) is 6.10 Å². The van der Waals surface area contributed by atoms with Crippen LogP contribution >= 0.6 is 22.6 Å². The minimum atomic E-state index is -0.788. The molecule has 2 atom stereocenters. The second-order valence-electron chi connectivity index (χ2n) is 4.32. The normalized spacial score (nSPS) is 21.8. The number of nitrogens with two attached hydrogens (primary N) is 1. The van der Waals surface area contributed by atoms with Crippen molar-refractivity contribution in [3.63, 3.8) is 0 Å². The van der Waals surface area contributed by atoms with Gasteiger partial charge in [-0.3, -0.25) is 0 Å². The molecule has 1 aliphatic carbocycles. The van der Waals surface area contributed by atoms with E-state index in [9.17, 15) is 4.79 Å². The zero-order valence-corrected chi connectivity index (χ0v) is 12.8. The Morgan fingerprint density at radius 3 is 3.00 bits per heavy atom. The topological polar surface area (TPSA) is 70.8 Å². The lowest BCUT2D eigenvalue weighted by atomic mass is 9.87. The van der Waals surface area contributed by atoms with Crippen molar-refractivity contribution in [1.82, 2.24) is 0 Å². The SMILES string of the molecule is COCO[C@H]1CCc2cccc(I)c2[C@H]1OC(N)=O. The number of ether oxygens (including phenoxy) is 3. The highest BCUT2D eigenvalue weighted by atomic mass is 127. The van der Waals surface area contributed by atoms with E-state index in [0.717, 1.165) is 22.0 Å². The molecule has 0 aromatic heterocycles. The summed E-state index contributed by atoms with van der Waals surface area (Å²) in [5, 5.41) is 0. The molecule has 104 valence electrons. The maximum absolute atomic E-state index is 11.1. The molecule has 0 unspecified atom stereocenters. The van der Waals surface area contributed by atoms with Gasteiger partial charge in [-0.15, -0.1) is 0 Å². The molecule has 1 aromatic carbocycles. The van der Waals surface area contributed by atoms with Crippen molar-refractivity contribution in [1.29, 1.82) is 0 Å². The lowest BCUT2D eigenvalue weighted by molar-refractivity contribution is -0.119. The molecule has 5 nitrogen and oxygen atoms in total. The van der Waals surface area contributed by atoms with Crippen LogP contribution in [0.15, 0.2) is 18.2 Å². The summed E-state index contributed by atoms with van der Waals surface area (Å²) in [5.74, 6) is 0. The second kappa shape index (κ2) is 6.53. The summed E-state index contributed by atoms with van der Waals surface area (Å²) < 4.78 is 16.8. The molecule has 0 heterocycles. The van der Waals surface area contributed by atoms with Gasteiger partial charge < -0.3 is 19.9 Å². The van der Waals surface area contributed by atoms with E-state index in [-0.39, 0.29) is 12.9 Å². The van der Waals surface area contributed by atoms with E-state index >= 15 is 0 Å². The molecule has 1 amide bonds. The van der Waals surface area contributed by atoms with Crippen LogP contribution in [0.5, 0.6) is 0 Å². The van der Waals surface area contributed by atoms with E-state index in [1.54, 1.807) is 7.11 Å². The number of rotatable bonds is 4. The number of hydrogen-bond acceptors (Lipinski definition) is 4. The van der Waals surface area contributed by atoms with Crippen LogP contribution in [0.2, 0.25) is 0 Å². The number of aryl methyl sites for hydroxylation is 1. The number of fused-ring (bicyclic) bond motifs is 1. The Balaban J connectivity index is 2.31. The van der Waals surface area contributed by atoms with Gasteiger partial charge in [-0.25, -0.2) is 4.79 Å². The molecule has 0 saturated carbocycles. The molecule has 1 aliphatic rings. The zero-order chi connectivity index (χ0) is 13.8. The third-order valence-corrected chi connectivity index (χ3v) is 4.05. The van der Waals surface area contributed by atoms with Crippen LogP contribution in [0.3, 0.4) is 0 Å². The fourth-order valence-electron chi connectivity index (χ4n) is 2.34. The summed E-state index contributed by atoms with van der Waals surface area (Å²) in [4.78, 5) is 11.1. The molecule has 0 fully saturated rings. The Kier molecular flexibility index (Phi) is 5.00. The molecule has 0 bridgehead atoms. The number of benzene rings is 1. The van der Waals surface area contributed by atoms with Crippen LogP contribution in [0.4, 0.5) is 4.79 Å². The van der Waals surface area contributed by atoms with Gasteiger partial charge >= 0.3 is 6.09 Å². The summed E-state index contributed by atoms with van der Waals surface area (Å²) in [7, 11) is 1.56. The number of carbonyl (C=O) groups excluding carboxylic acids is 1. The summed E-state index contributed by atoms with van der Waals surface area (Å²) in [6.45, 7) is 0.169. The largest absolute Gasteiger partial charge is 0.439 e. The smallest absolute Gasteiger partial charge is 0.405 e. The highest BCUT2D eigenvalue weighted by Crippen LogP contribution is 2.37. The van der Waals surface area contributed by atoms with Crippen molar-refractivity contribution >= 4 is 28.7 Å². The van der Waals surface area contributed by atoms with Gasteiger partial charge in [-0.1, -0.05) is 12.1 Å². The molecule has 2 N–H and O–H groups in total. The predicted octanol–water partition coefficient (Wildman–Crippen LogP) is 2.36. The first-order chi connectivity index (χ1) is 9.13. The monoisotopic (exact) mass is 377 g/mol. The number of carbonyl (C=O) groups is 1. The van der Waals surface area contributed by atoms with Crippen molar-refractivity contribution in [2.24, 2.45) is 5.73 Å². The minimum absolute atomic E-state index is 0.169. The van der Waals surface area contributed by atoms with E-state index in [0.29, 0.717) is 0 Å². The molecule has 0 spiro atoms. The van der Waals surface area contributed by atoms with Crippen LogP contribution in [0, 0.1) is 3.57 Å². The van der Waals surface area contributed by atoms with Gasteiger partial charge in [0.2, 0.25) is 0 Å². The third kappa shape index (κ3) is 3.37. The lowest BCUT2D eigenvalue weighted by Gasteiger charge is -2.33. The molecule has 2 rings (SSSR count). The van der Waals surface area contributed by atoms with Crippen LogP contribution < -0.4 is 5.73 Å². The maximum atomic E-state index is 11.1. The number of amides is 1. The molecule has 6 heteroatoms. The van der Waals surface area contributed by atoms with Gasteiger partial charge in [0, 0.05) is 16.2 Å².